The Morgan fingerprint density at radius 1 is 1.26 bits per heavy atom. The van der Waals surface area contributed by atoms with E-state index >= 15 is 0 Å². The fourth-order valence-corrected chi connectivity index (χ4v) is 5.95. The Bertz CT molecular complexity index is 1120. The highest BCUT2D eigenvalue weighted by atomic mass is 35.5. The minimum absolute atomic E-state index is 0.0689. The number of carbonyl (C=O) groups is 1. The topological polar surface area (TPSA) is 56.6 Å². The first-order chi connectivity index (χ1) is 15.0. The summed E-state index contributed by atoms with van der Waals surface area (Å²) in [5.74, 6) is 0.304. The van der Waals surface area contributed by atoms with Gasteiger partial charge in [0.2, 0.25) is 0 Å². The van der Waals surface area contributed by atoms with E-state index in [2.05, 4.69) is 5.10 Å². The average molecular weight is 480 g/mol. The lowest BCUT2D eigenvalue weighted by Gasteiger charge is -2.34. The van der Waals surface area contributed by atoms with E-state index in [1.54, 1.807) is 6.07 Å². The Morgan fingerprint density at radius 2 is 2.06 bits per heavy atom. The molecule has 1 aromatic carbocycles. The molecule has 3 aromatic rings. The lowest BCUT2D eigenvalue weighted by atomic mass is 9.97. The van der Waals surface area contributed by atoms with Crippen molar-refractivity contribution in [1.82, 2.24) is 14.7 Å². The van der Waals surface area contributed by atoms with Crippen LogP contribution in [0.3, 0.4) is 0 Å². The number of halogens is 2. The molecular weight excluding hydrogens is 457 g/mol. The Morgan fingerprint density at radius 3 is 2.84 bits per heavy atom. The number of carbonyl (C=O) groups excluding carboxylic acids is 1. The van der Waals surface area contributed by atoms with Gasteiger partial charge in [0.15, 0.2) is 6.29 Å². The molecule has 1 amide bonds. The Balaban J connectivity index is 1.38. The lowest BCUT2D eigenvalue weighted by molar-refractivity contribution is -0.0968. The Kier molecular flexibility index (Phi) is 5.96. The predicted molar refractivity (Wildman–Crippen MR) is 122 cm³/mol. The van der Waals surface area contributed by atoms with Crippen molar-refractivity contribution in [3.05, 3.63) is 50.4 Å². The minimum Gasteiger partial charge on any atom is -0.350 e. The second kappa shape index (κ2) is 8.71. The van der Waals surface area contributed by atoms with Gasteiger partial charge in [0.25, 0.3) is 5.91 Å². The van der Waals surface area contributed by atoms with Crippen LogP contribution in [0.2, 0.25) is 10.0 Å². The van der Waals surface area contributed by atoms with Crippen LogP contribution in [0.15, 0.2) is 24.3 Å². The summed E-state index contributed by atoms with van der Waals surface area (Å²) in [7, 11) is 0. The van der Waals surface area contributed by atoms with Crippen molar-refractivity contribution < 1.29 is 14.3 Å². The van der Waals surface area contributed by atoms with Gasteiger partial charge >= 0.3 is 0 Å². The molecule has 2 saturated heterocycles. The van der Waals surface area contributed by atoms with E-state index in [4.69, 9.17) is 32.7 Å². The van der Waals surface area contributed by atoms with E-state index in [1.165, 1.54) is 11.3 Å². The molecule has 2 aromatic heterocycles. The number of ether oxygens (including phenoxy) is 2. The minimum atomic E-state index is -0.182. The zero-order chi connectivity index (χ0) is 21.5. The van der Waals surface area contributed by atoms with Gasteiger partial charge in [-0.2, -0.15) is 5.10 Å². The molecule has 31 heavy (non-hydrogen) atoms. The second-order valence-corrected chi connectivity index (χ2v) is 9.95. The number of aryl methyl sites for hydroxylation is 1. The van der Waals surface area contributed by atoms with Gasteiger partial charge in [0.05, 0.1) is 30.3 Å². The second-order valence-electron chi connectivity index (χ2n) is 8.07. The highest BCUT2D eigenvalue weighted by molar-refractivity contribution is 7.20. The largest absolute Gasteiger partial charge is 0.350 e. The van der Waals surface area contributed by atoms with Gasteiger partial charge in [0, 0.05) is 34.4 Å². The van der Waals surface area contributed by atoms with E-state index < -0.39 is 0 Å². The van der Waals surface area contributed by atoms with Gasteiger partial charge in [-0.05, 0) is 43.5 Å². The molecule has 1 unspecified atom stereocenters. The first kappa shape index (κ1) is 21.2. The number of rotatable bonds is 4. The van der Waals surface area contributed by atoms with Crippen LogP contribution in [0.4, 0.5) is 0 Å². The molecular formula is C22H23Cl2N3O3S. The number of hydrogen-bond donors (Lipinski definition) is 0. The summed E-state index contributed by atoms with van der Waals surface area (Å²) in [6, 6.07) is 7.44. The van der Waals surface area contributed by atoms with Crippen molar-refractivity contribution in [3.8, 4) is 0 Å². The molecule has 0 radical (unpaired) electrons. The molecule has 4 heterocycles. The predicted octanol–water partition coefficient (Wildman–Crippen LogP) is 4.99. The van der Waals surface area contributed by atoms with E-state index in [-0.39, 0.29) is 18.1 Å². The lowest BCUT2D eigenvalue weighted by Crippen LogP contribution is -2.43. The van der Waals surface area contributed by atoms with Crippen molar-refractivity contribution in [2.75, 3.05) is 26.3 Å². The molecule has 164 valence electrons. The van der Waals surface area contributed by atoms with Crippen molar-refractivity contribution in [3.63, 3.8) is 0 Å². The maximum Gasteiger partial charge on any atom is 0.264 e. The molecule has 2 aliphatic rings. The van der Waals surface area contributed by atoms with Crippen LogP contribution in [-0.4, -0.2) is 53.2 Å². The summed E-state index contributed by atoms with van der Waals surface area (Å²) in [5.41, 5.74) is 1.84. The number of amides is 1. The molecule has 0 saturated carbocycles. The summed E-state index contributed by atoms with van der Waals surface area (Å²) < 4.78 is 13.3. The summed E-state index contributed by atoms with van der Waals surface area (Å²) >= 11 is 13.9. The van der Waals surface area contributed by atoms with Crippen LogP contribution in [0.5, 0.6) is 0 Å². The third kappa shape index (κ3) is 4.22. The van der Waals surface area contributed by atoms with Crippen LogP contribution in [0.1, 0.15) is 33.8 Å². The highest BCUT2D eigenvalue weighted by Crippen LogP contribution is 2.32. The number of benzene rings is 1. The number of aromatic nitrogens is 2. The maximum absolute atomic E-state index is 13.3. The number of thiophene rings is 1. The number of hydrogen-bond acceptors (Lipinski definition) is 5. The van der Waals surface area contributed by atoms with E-state index in [1.807, 2.05) is 34.7 Å². The molecule has 2 fully saturated rings. The van der Waals surface area contributed by atoms with Crippen LogP contribution in [0, 0.1) is 12.8 Å². The molecule has 6 nitrogen and oxygen atoms in total. The van der Waals surface area contributed by atoms with Gasteiger partial charge in [-0.25, -0.2) is 0 Å². The molecule has 1 atom stereocenters. The van der Waals surface area contributed by atoms with E-state index in [9.17, 15) is 4.79 Å². The SMILES string of the molecule is Cc1nn(Cc2ccc(Cl)cc2Cl)c2sc(C(=O)N3CCCC(C4OCCO4)C3)cc12. The number of piperidine rings is 1. The van der Waals surface area contributed by atoms with Gasteiger partial charge in [-0.1, -0.05) is 29.3 Å². The van der Waals surface area contributed by atoms with Crippen LogP contribution in [0.25, 0.3) is 10.2 Å². The number of fused-ring (bicyclic) bond motifs is 1. The number of likely N-dealkylation sites (tertiary alicyclic amines) is 1. The summed E-state index contributed by atoms with van der Waals surface area (Å²) in [6.07, 6.45) is 1.81. The Hall–Kier alpha value is -1.64. The molecule has 0 aliphatic carbocycles. The van der Waals surface area contributed by atoms with E-state index in [0.717, 1.165) is 45.7 Å². The smallest absolute Gasteiger partial charge is 0.264 e. The first-order valence-corrected chi connectivity index (χ1v) is 12.0. The number of nitrogens with zero attached hydrogens (tertiary/aromatic N) is 3. The van der Waals surface area contributed by atoms with Crippen LogP contribution in [-0.2, 0) is 16.0 Å². The van der Waals surface area contributed by atoms with Gasteiger partial charge in [-0.15, -0.1) is 11.3 Å². The molecule has 9 heteroatoms. The summed E-state index contributed by atoms with van der Waals surface area (Å²) in [5, 5.41) is 6.89. The molecule has 2 aliphatic heterocycles. The zero-order valence-corrected chi connectivity index (χ0v) is 19.5. The van der Waals surface area contributed by atoms with E-state index in [0.29, 0.717) is 36.3 Å². The van der Waals surface area contributed by atoms with Crippen molar-refractivity contribution in [1.29, 1.82) is 0 Å². The average Bonchev–Trinajstić information content (AvgIpc) is 3.49. The van der Waals surface area contributed by atoms with Crippen LogP contribution < -0.4 is 0 Å². The van der Waals surface area contributed by atoms with Crippen LogP contribution >= 0.6 is 34.5 Å². The molecule has 0 bridgehead atoms. The highest BCUT2D eigenvalue weighted by Gasteiger charge is 2.33. The zero-order valence-electron chi connectivity index (χ0n) is 17.1. The normalized spacial score (nSPS) is 20.1. The third-order valence-electron chi connectivity index (χ3n) is 5.93. The van der Waals surface area contributed by atoms with Gasteiger partial charge in [0.1, 0.15) is 4.83 Å². The first-order valence-electron chi connectivity index (χ1n) is 10.4. The van der Waals surface area contributed by atoms with Crippen molar-refractivity contribution >= 4 is 50.7 Å². The third-order valence-corrected chi connectivity index (χ3v) is 7.65. The monoisotopic (exact) mass is 479 g/mol. The maximum atomic E-state index is 13.3. The molecule has 0 N–H and O–H groups in total. The summed E-state index contributed by atoms with van der Waals surface area (Å²) in [4.78, 5) is 16.9. The quantitative estimate of drug-likeness (QED) is 0.528. The Labute approximate surface area is 194 Å². The fraction of sp³-hybridized carbons (Fsp3) is 0.455. The van der Waals surface area contributed by atoms with Crippen molar-refractivity contribution in [2.24, 2.45) is 5.92 Å². The molecule has 0 spiro atoms. The standard InChI is InChI=1S/C22H23Cl2N3O3S/c1-13-17-10-19(20(28)26-6-2-3-15(11-26)22-29-7-8-30-22)31-21(17)27(25-13)12-14-4-5-16(23)9-18(14)24/h4-5,9-10,15,22H,2-3,6-8,11-12H2,1H3. The summed E-state index contributed by atoms with van der Waals surface area (Å²) in [6.45, 7) is 5.20. The molecule has 5 rings (SSSR count). The van der Waals surface area contributed by atoms with Gasteiger partial charge in [-0.3, -0.25) is 9.48 Å². The van der Waals surface area contributed by atoms with Crippen molar-refractivity contribution in [2.45, 2.75) is 32.6 Å². The van der Waals surface area contributed by atoms with Gasteiger partial charge < -0.3 is 14.4 Å². The fourth-order valence-electron chi connectivity index (χ4n) is 4.36.